The second-order valence-electron chi connectivity index (χ2n) is 4.64. The summed E-state index contributed by atoms with van der Waals surface area (Å²) in [6, 6.07) is 7.92. The Bertz CT molecular complexity index is 350. The van der Waals surface area contributed by atoms with Crippen LogP contribution in [0, 0.1) is 9.49 Å². The second kappa shape index (κ2) is 5.80. The van der Waals surface area contributed by atoms with Crippen molar-refractivity contribution in [1.82, 2.24) is 0 Å². The molecule has 0 bridgehead atoms. The normalized spacial score (nSPS) is 17.3. The van der Waals surface area contributed by atoms with Crippen molar-refractivity contribution in [2.24, 2.45) is 5.92 Å². The number of ketones is 1. The SMILES string of the molecule is O=C(CC1CCCCC1)c1ccc(I)cc1. The van der Waals surface area contributed by atoms with Crippen molar-refractivity contribution in [2.45, 2.75) is 38.5 Å². The number of Topliss-reactive ketones (excluding diaryl/α,β-unsaturated/α-hetero) is 1. The van der Waals surface area contributed by atoms with Crippen molar-refractivity contribution in [3.05, 3.63) is 33.4 Å². The lowest BCUT2D eigenvalue weighted by molar-refractivity contribution is 0.0950. The topological polar surface area (TPSA) is 17.1 Å². The highest BCUT2D eigenvalue weighted by Gasteiger charge is 2.17. The molecule has 0 amide bonds. The maximum absolute atomic E-state index is 12.0. The van der Waals surface area contributed by atoms with Gasteiger partial charge in [-0.25, -0.2) is 0 Å². The van der Waals surface area contributed by atoms with Gasteiger partial charge in [0.2, 0.25) is 0 Å². The third kappa shape index (κ3) is 3.30. The summed E-state index contributed by atoms with van der Waals surface area (Å²) < 4.78 is 1.19. The molecule has 0 radical (unpaired) electrons. The third-order valence-corrected chi connectivity index (χ3v) is 4.08. The smallest absolute Gasteiger partial charge is 0.163 e. The Labute approximate surface area is 111 Å². The molecule has 0 saturated heterocycles. The first-order chi connectivity index (χ1) is 7.75. The Morgan fingerprint density at radius 1 is 1.12 bits per heavy atom. The third-order valence-electron chi connectivity index (χ3n) is 3.37. The number of hydrogen-bond donors (Lipinski definition) is 0. The van der Waals surface area contributed by atoms with E-state index in [4.69, 9.17) is 0 Å². The van der Waals surface area contributed by atoms with Gasteiger partial charge in [-0.3, -0.25) is 4.79 Å². The van der Waals surface area contributed by atoms with Crippen LogP contribution in [-0.2, 0) is 0 Å². The molecule has 1 nitrogen and oxygen atoms in total. The van der Waals surface area contributed by atoms with Gasteiger partial charge in [0, 0.05) is 15.6 Å². The highest BCUT2D eigenvalue weighted by Crippen LogP contribution is 2.27. The summed E-state index contributed by atoms with van der Waals surface area (Å²) in [5, 5.41) is 0. The number of benzene rings is 1. The van der Waals surface area contributed by atoms with Gasteiger partial charge in [-0.2, -0.15) is 0 Å². The van der Waals surface area contributed by atoms with Crippen LogP contribution in [0.15, 0.2) is 24.3 Å². The zero-order valence-electron chi connectivity index (χ0n) is 9.42. The molecular formula is C14H17IO. The van der Waals surface area contributed by atoms with Crippen LogP contribution in [-0.4, -0.2) is 5.78 Å². The Morgan fingerprint density at radius 2 is 1.75 bits per heavy atom. The Morgan fingerprint density at radius 3 is 2.38 bits per heavy atom. The lowest BCUT2D eigenvalue weighted by Crippen LogP contribution is -2.12. The van der Waals surface area contributed by atoms with E-state index in [2.05, 4.69) is 22.6 Å². The summed E-state index contributed by atoms with van der Waals surface area (Å²) in [6.07, 6.45) is 7.22. The van der Waals surface area contributed by atoms with Crippen molar-refractivity contribution in [1.29, 1.82) is 0 Å². The summed E-state index contributed by atoms with van der Waals surface area (Å²) in [4.78, 5) is 12.0. The number of halogens is 1. The molecule has 0 aliphatic heterocycles. The van der Waals surface area contributed by atoms with Crippen molar-refractivity contribution >= 4 is 28.4 Å². The summed E-state index contributed by atoms with van der Waals surface area (Å²) in [5.74, 6) is 0.962. The molecule has 0 heterocycles. The summed E-state index contributed by atoms with van der Waals surface area (Å²) in [5.41, 5.74) is 0.881. The van der Waals surface area contributed by atoms with E-state index in [9.17, 15) is 4.79 Å². The molecule has 1 aliphatic rings. The van der Waals surface area contributed by atoms with Gasteiger partial charge in [0.15, 0.2) is 5.78 Å². The lowest BCUT2D eigenvalue weighted by Gasteiger charge is -2.20. The number of hydrogen-bond acceptors (Lipinski definition) is 1. The van der Waals surface area contributed by atoms with Crippen LogP contribution in [0.25, 0.3) is 0 Å². The quantitative estimate of drug-likeness (QED) is 0.592. The van der Waals surface area contributed by atoms with Crippen LogP contribution in [0.1, 0.15) is 48.9 Å². The van der Waals surface area contributed by atoms with E-state index in [1.807, 2.05) is 24.3 Å². The van der Waals surface area contributed by atoms with Crippen molar-refractivity contribution in [3.63, 3.8) is 0 Å². The first-order valence-corrected chi connectivity index (χ1v) is 7.12. The first-order valence-electron chi connectivity index (χ1n) is 6.04. The van der Waals surface area contributed by atoms with Gasteiger partial charge in [0.05, 0.1) is 0 Å². The van der Waals surface area contributed by atoms with E-state index >= 15 is 0 Å². The Kier molecular flexibility index (Phi) is 4.38. The largest absolute Gasteiger partial charge is 0.294 e. The van der Waals surface area contributed by atoms with Crippen LogP contribution in [0.5, 0.6) is 0 Å². The van der Waals surface area contributed by atoms with Gasteiger partial charge >= 0.3 is 0 Å². The summed E-state index contributed by atoms with van der Waals surface area (Å²) >= 11 is 2.26. The molecule has 0 aromatic heterocycles. The summed E-state index contributed by atoms with van der Waals surface area (Å²) in [6.45, 7) is 0. The van der Waals surface area contributed by atoms with Gasteiger partial charge in [0.1, 0.15) is 0 Å². The van der Waals surface area contributed by atoms with E-state index in [1.165, 1.54) is 35.7 Å². The predicted octanol–water partition coefficient (Wildman–Crippen LogP) is 4.44. The van der Waals surface area contributed by atoms with Gasteiger partial charge < -0.3 is 0 Å². The van der Waals surface area contributed by atoms with E-state index in [0.717, 1.165) is 12.0 Å². The first kappa shape index (κ1) is 12.1. The zero-order chi connectivity index (χ0) is 11.4. The van der Waals surface area contributed by atoms with E-state index < -0.39 is 0 Å². The van der Waals surface area contributed by atoms with Crippen LogP contribution >= 0.6 is 22.6 Å². The van der Waals surface area contributed by atoms with Crippen LogP contribution in [0.4, 0.5) is 0 Å². The minimum absolute atomic E-state index is 0.323. The average Bonchev–Trinajstić information content (AvgIpc) is 2.31. The molecule has 2 heteroatoms. The van der Waals surface area contributed by atoms with E-state index in [1.54, 1.807) is 0 Å². The molecule has 1 saturated carbocycles. The molecule has 2 rings (SSSR count). The molecule has 1 aromatic rings. The Hall–Kier alpha value is -0.380. The fourth-order valence-corrected chi connectivity index (χ4v) is 2.77. The number of carbonyl (C=O) groups is 1. The maximum atomic E-state index is 12.0. The molecule has 1 fully saturated rings. The van der Waals surface area contributed by atoms with Gasteiger partial charge in [-0.05, 0) is 40.6 Å². The minimum Gasteiger partial charge on any atom is -0.294 e. The van der Waals surface area contributed by atoms with Crippen LogP contribution < -0.4 is 0 Å². The predicted molar refractivity (Wildman–Crippen MR) is 74.7 cm³/mol. The Balaban J connectivity index is 1.94. The zero-order valence-corrected chi connectivity index (χ0v) is 11.6. The number of rotatable bonds is 3. The lowest BCUT2D eigenvalue weighted by atomic mass is 9.85. The minimum atomic E-state index is 0.323. The van der Waals surface area contributed by atoms with Crippen molar-refractivity contribution < 1.29 is 4.79 Å². The average molecular weight is 328 g/mol. The van der Waals surface area contributed by atoms with Crippen molar-refractivity contribution in [3.8, 4) is 0 Å². The highest BCUT2D eigenvalue weighted by molar-refractivity contribution is 14.1. The fraction of sp³-hybridized carbons (Fsp3) is 0.500. The molecule has 86 valence electrons. The fourth-order valence-electron chi connectivity index (χ4n) is 2.41. The molecule has 1 aromatic carbocycles. The second-order valence-corrected chi connectivity index (χ2v) is 5.88. The van der Waals surface area contributed by atoms with Crippen LogP contribution in [0.3, 0.4) is 0 Å². The van der Waals surface area contributed by atoms with Gasteiger partial charge in [-0.1, -0.05) is 44.2 Å². The van der Waals surface area contributed by atoms with Crippen molar-refractivity contribution in [2.75, 3.05) is 0 Å². The molecular weight excluding hydrogens is 311 g/mol. The molecule has 1 aliphatic carbocycles. The van der Waals surface area contributed by atoms with E-state index in [-0.39, 0.29) is 0 Å². The highest BCUT2D eigenvalue weighted by atomic mass is 127. The number of carbonyl (C=O) groups excluding carboxylic acids is 1. The molecule has 0 atom stereocenters. The van der Waals surface area contributed by atoms with Gasteiger partial charge in [0.25, 0.3) is 0 Å². The monoisotopic (exact) mass is 328 g/mol. The van der Waals surface area contributed by atoms with Gasteiger partial charge in [-0.15, -0.1) is 0 Å². The van der Waals surface area contributed by atoms with E-state index in [0.29, 0.717) is 11.7 Å². The standard InChI is InChI=1S/C14H17IO/c15-13-8-6-12(7-9-13)14(16)10-11-4-2-1-3-5-11/h6-9,11H,1-5,10H2. The molecule has 16 heavy (non-hydrogen) atoms. The molecule has 0 unspecified atom stereocenters. The maximum Gasteiger partial charge on any atom is 0.163 e. The molecule has 0 spiro atoms. The molecule has 0 N–H and O–H groups in total. The van der Waals surface area contributed by atoms with Crippen LogP contribution in [0.2, 0.25) is 0 Å². The summed E-state index contributed by atoms with van der Waals surface area (Å²) in [7, 11) is 0.